The molecule has 1 aromatic carbocycles. The Morgan fingerprint density at radius 2 is 2.00 bits per heavy atom. The van der Waals surface area contributed by atoms with Gasteiger partial charge in [0.1, 0.15) is 0 Å². The zero-order valence-corrected chi connectivity index (χ0v) is 10.9. The first kappa shape index (κ1) is 12.3. The second-order valence-electron chi connectivity index (χ2n) is 3.24. The standard InChI is InChI=1S/C11H15IN2O/c1-2-3-8-13-11(15)14-10-6-4-9(12)5-7-10/h4-7H,2-3,8H2,1H3,(H2,13,14,15). The lowest BCUT2D eigenvalue weighted by atomic mass is 10.3. The number of amides is 2. The fourth-order valence-electron chi connectivity index (χ4n) is 1.09. The lowest BCUT2D eigenvalue weighted by molar-refractivity contribution is 0.252. The summed E-state index contributed by atoms with van der Waals surface area (Å²) < 4.78 is 1.16. The van der Waals surface area contributed by atoms with Crippen LogP contribution in [0.2, 0.25) is 0 Å². The molecule has 1 aromatic rings. The number of hydrogen-bond acceptors (Lipinski definition) is 1. The molecule has 0 saturated heterocycles. The predicted molar refractivity (Wildman–Crippen MR) is 71.1 cm³/mol. The number of halogens is 1. The summed E-state index contributed by atoms with van der Waals surface area (Å²) in [6.07, 6.45) is 2.10. The van der Waals surface area contributed by atoms with Gasteiger partial charge in [0, 0.05) is 15.8 Å². The number of hydrogen-bond donors (Lipinski definition) is 2. The van der Waals surface area contributed by atoms with Gasteiger partial charge in [-0.3, -0.25) is 0 Å². The molecule has 0 heterocycles. The van der Waals surface area contributed by atoms with Crippen molar-refractivity contribution in [1.29, 1.82) is 0 Å². The first-order valence-electron chi connectivity index (χ1n) is 5.03. The molecule has 1 rings (SSSR count). The number of rotatable bonds is 4. The molecule has 0 fully saturated rings. The Kier molecular flexibility index (Phi) is 5.45. The molecule has 0 aliphatic heterocycles. The summed E-state index contributed by atoms with van der Waals surface area (Å²) in [6.45, 7) is 2.82. The number of carbonyl (C=O) groups is 1. The smallest absolute Gasteiger partial charge is 0.319 e. The van der Waals surface area contributed by atoms with E-state index < -0.39 is 0 Å². The zero-order valence-electron chi connectivity index (χ0n) is 8.72. The van der Waals surface area contributed by atoms with E-state index in [1.165, 1.54) is 0 Å². The molecule has 0 saturated carbocycles. The number of unbranched alkanes of at least 4 members (excludes halogenated alkanes) is 1. The quantitative estimate of drug-likeness (QED) is 0.649. The van der Waals surface area contributed by atoms with Gasteiger partial charge in [-0.2, -0.15) is 0 Å². The molecule has 0 spiro atoms. The van der Waals surface area contributed by atoms with Gasteiger partial charge in [0.2, 0.25) is 0 Å². The van der Waals surface area contributed by atoms with Crippen LogP contribution in [0.25, 0.3) is 0 Å². The lowest BCUT2D eigenvalue weighted by Crippen LogP contribution is -2.29. The maximum atomic E-state index is 11.3. The second-order valence-corrected chi connectivity index (χ2v) is 4.49. The van der Waals surface area contributed by atoms with Crippen molar-refractivity contribution < 1.29 is 4.79 Å². The molecule has 3 nitrogen and oxygen atoms in total. The van der Waals surface area contributed by atoms with Crippen LogP contribution in [0.5, 0.6) is 0 Å². The van der Waals surface area contributed by atoms with Crippen molar-refractivity contribution in [3.05, 3.63) is 27.8 Å². The van der Waals surface area contributed by atoms with Crippen LogP contribution in [-0.4, -0.2) is 12.6 Å². The molecular weight excluding hydrogens is 303 g/mol. The Morgan fingerprint density at radius 1 is 1.33 bits per heavy atom. The number of nitrogens with one attached hydrogen (secondary N) is 2. The highest BCUT2D eigenvalue weighted by Crippen LogP contribution is 2.10. The van der Waals surface area contributed by atoms with E-state index in [1.807, 2.05) is 24.3 Å². The van der Waals surface area contributed by atoms with Crippen LogP contribution in [0.15, 0.2) is 24.3 Å². The van der Waals surface area contributed by atoms with Gasteiger partial charge in [0.05, 0.1) is 0 Å². The van der Waals surface area contributed by atoms with E-state index in [2.05, 4.69) is 40.1 Å². The van der Waals surface area contributed by atoms with E-state index in [9.17, 15) is 4.79 Å². The minimum Gasteiger partial charge on any atom is -0.338 e. The summed E-state index contributed by atoms with van der Waals surface area (Å²) in [5.74, 6) is 0. The van der Waals surface area contributed by atoms with Crippen molar-refractivity contribution in [2.45, 2.75) is 19.8 Å². The highest BCUT2D eigenvalue weighted by Gasteiger charge is 1.99. The van der Waals surface area contributed by atoms with Gasteiger partial charge < -0.3 is 10.6 Å². The summed E-state index contributed by atoms with van der Waals surface area (Å²) in [4.78, 5) is 11.3. The first-order chi connectivity index (χ1) is 7.22. The normalized spacial score (nSPS) is 9.73. The highest BCUT2D eigenvalue weighted by molar-refractivity contribution is 14.1. The van der Waals surface area contributed by atoms with E-state index in [0.717, 1.165) is 28.6 Å². The fraction of sp³-hybridized carbons (Fsp3) is 0.364. The van der Waals surface area contributed by atoms with E-state index >= 15 is 0 Å². The molecule has 0 atom stereocenters. The Balaban J connectivity index is 2.34. The van der Waals surface area contributed by atoms with E-state index in [1.54, 1.807) is 0 Å². The van der Waals surface area contributed by atoms with E-state index in [-0.39, 0.29) is 6.03 Å². The third-order valence-electron chi connectivity index (χ3n) is 1.92. The van der Waals surface area contributed by atoms with Gasteiger partial charge in [-0.1, -0.05) is 13.3 Å². The van der Waals surface area contributed by atoms with Gasteiger partial charge in [-0.05, 0) is 53.3 Å². The Hall–Kier alpha value is -0.780. The third-order valence-corrected chi connectivity index (χ3v) is 2.64. The van der Waals surface area contributed by atoms with Crippen LogP contribution in [0.3, 0.4) is 0 Å². The number of urea groups is 1. The molecule has 2 N–H and O–H groups in total. The Labute approximate surface area is 104 Å². The first-order valence-corrected chi connectivity index (χ1v) is 6.10. The minimum atomic E-state index is -0.135. The van der Waals surface area contributed by atoms with Crippen molar-refractivity contribution in [3.8, 4) is 0 Å². The monoisotopic (exact) mass is 318 g/mol. The van der Waals surface area contributed by atoms with Crippen LogP contribution in [0.4, 0.5) is 10.5 Å². The zero-order chi connectivity index (χ0) is 11.1. The van der Waals surface area contributed by atoms with Crippen LogP contribution in [0.1, 0.15) is 19.8 Å². The van der Waals surface area contributed by atoms with Crippen LogP contribution in [0, 0.1) is 3.57 Å². The summed E-state index contributed by atoms with van der Waals surface area (Å²) in [6, 6.07) is 7.57. The Bertz CT molecular complexity index is 311. The van der Waals surface area contributed by atoms with Gasteiger partial charge in [-0.25, -0.2) is 4.79 Å². The van der Waals surface area contributed by atoms with Crippen molar-refractivity contribution in [2.24, 2.45) is 0 Å². The van der Waals surface area contributed by atoms with Crippen molar-refractivity contribution >= 4 is 34.3 Å². The van der Waals surface area contributed by atoms with Crippen LogP contribution in [-0.2, 0) is 0 Å². The van der Waals surface area contributed by atoms with Gasteiger partial charge in [0.15, 0.2) is 0 Å². The average Bonchev–Trinajstić information content (AvgIpc) is 2.22. The lowest BCUT2D eigenvalue weighted by Gasteiger charge is -2.06. The molecular formula is C11H15IN2O. The van der Waals surface area contributed by atoms with E-state index in [4.69, 9.17) is 0 Å². The highest BCUT2D eigenvalue weighted by atomic mass is 127. The molecule has 0 aliphatic rings. The Morgan fingerprint density at radius 3 is 2.60 bits per heavy atom. The predicted octanol–water partition coefficient (Wildman–Crippen LogP) is 3.21. The average molecular weight is 318 g/mol. The molecule has 0 radical (unpaired) electrons. The second kappa shape index (κ2) is 6.66. The molecule has 0 unspecified atom stereocenters. The summed E-state index contributed by atoms with van der Waals surface area (Å²) in [5, 5.41) is 5.57. The van der Waals surface area contributed by atoms with Gasteiger partial charge in [0.25, 0.3) is 0 Å². The van der Waals surface area contributed by atoms with Crippen molar-refractivity contribution in [2.75, 3.05) is 11.9 Å². The summed E-state index contributed by atoms with van der Waals surface area (Å²) in [7, 11) is 0. The van der Waals surface area contributed by atoms with Crippen LogP contribution < -0.4 is 10.6 Å². The van der Waals surface area contributed by atoms with Crippen molar-refractivity contribution in [3.63, 3.8) is 0 Å². The molecule has 0 aliphatic carbocycles. The molecule has 4 heteroatoms. The maximum Gasteiger partial charge on any atom is 0.319 e. The number of anilines is 1. The summed E-state index contributed by atoms with van der Waals surface area (Å²) in [5.41, 5.74) is 0.824. The molecule has 0 aromatic heterocycles. The number of benzene rings is 1. The third kappa shape index (κ3) is 5.01. The minimum absolute atomic E-state index is 0.135. The summed E-state index contributed by atoms with van der Waals surface area (Å²) >= 11 is 2.23. The molecule has 82 valence electrons. The van der Waals surface area contributed by atoms with Gasteiger partial charge >= 0.3 is 6.03 Å². The number of carbonyl (C=O) groups excluding carboxylic acids is 1. The molecule has 0 bridgehead atoms. The largest absolute Gasteiger partial charge is 0.338 e. The topological polar surface area (TPSA) is 41.1 Å². The fourth-order valence-corrected chi connectivity index (χ4v) is 1.45. The molecule has 2 amide bonds. The van der Waals surface area contributed by atoms with E-state index in [0.29, 0.717) is 0 Å². The SMILES string of the molecule is CCCCNC(=O)Nc1ccc(I)cc1. The van der Waals surface area contributed by atoms with Crippen LogP contribution >= 0.6 is 22.6 Å². The van der Waals surface area contributed by atoms with Crippen molar-refractivity contribution in [1.82, 2.24) is 5.32 Å². The maximum absolute atomic E-state index is 11.3. The molecule has 15 heavy (non-hydrogen) atoms. The van der Waals surface area contributed by atoms with Gasteiger partial charge in [-0.15, -0.1) is 0 Å².